The summed E-state index contributed by atoms with van der Waals surface area (Å²) in [6.07, 6.45) is 1.98. The smallest absolute Gasteiger partial charge is 0.326 e. The molecule has 3 N–H and O–H groups in total. The van der Waals surface area contributed by atoms with E-state index in [1.165, 1.54) is 6.07 Å². The topological polar surface area (TPSA) is 82.2 Å². The van der Waals surface area contributed by atoms with E-state index >= 15 is 0 Å². The number of H-pyrrole nitrogens is 1. The van der Waals surface area contributed by atoms with Crippen LogP contribution in [0.4, 0.5) is 0 Å². The molecule has 0 unspecified atom stereocenters. The molecule has 1 rings (SSSR count). The first kappa shape index (κ1) is 14.9. The summed E-state index contributed by atoms with van der Waals surface area (Å²) in [6, 6.07) is 0.455. The highest BCUT2D eigenvalue weighted by Gasteiger charge is 2.21. The van der Waals surface area contributed by atoms with E-state index in [9.17, 15) is 9.59 Å². The average molecular weight is 293 g/mol. The summed E-state index contributed by atoms with van der Waals surface area (Å²) < 4.78 is 0. The molecule has 1 aromatic heterocycles. The predicted molar refractivity (Wildman–Crippen MR) is 69.2 cm³/mol. The highest BCUT2D eigenvalue weighted by atomic mass is 35.5. The summed E-state index contributed by atoms with van der Waals surface area (Å²) in [6.45, 7) is 1.95. The lowest BCUT2D eigenvalue weighted by atomic mass is 10.1. The minimum absolute atomic E-state index is 0.146. The van der Waals surface area contributed by atoms with Gasteiger partial charge >= 0.3 is 5.97 Å². The largest absolute Gasteiger partial charge is 0.480 e. The molecule has 18 heavy (non-hydrogen) atoms. The van der Waals surface area contributed by atoms with Gasteiger partial charge in [-0.25, -0.2) is 4.79 Å². The first-order chi connectivity index (χ1) is 8.45. The lowest BCUT2D eigenvalue weighted by Gasteiger charge is -2.13. The van der Waals surface area contributed by atoms with Crippen LogP contribution in [0.1, 0.15) is 36.7 Å². The summed E-state index contributed by atoms with van der Waals surface area (Å²) in [5.41, 5.74) is 0.146. The standard InChI is InChI=1S/C11H14Cl2N2O3/c1-2-3-4-7(11(17)18)15-10(16)8-5-6(12)9(13)14-8/h5,7,14H,2-4H2,1H3,(H,15,16)(H,17,18)/t7-/m0/s1. The van der Waals surface area contributed by atoms with Crippen molar-refractivity contribution >= 4 is 35.1 Å². The molecule has 1 aromatic rings. The van der Waals surface area contributed by atoms with Gasteiger partial charge < -0.3 is 15.4 Å². The van der Waals surface area contributed by atoms with E-state index in [2.05, 4.69) is 10.3 Å². The zero-order chi connectivity index (χ0) is 13.7. The van der Waals surface area contributed by atoms with E-state index in [1.54, 1.807) is 0 Å². The lowest BCUT2D eigenvalue weighted by molar-refractivity contribution is -0.139. The number of unbranched alkanes of at least 4 members (excludes halogenated alkanes) is 1. The summed E-state index contributed by atoms with van der Waals surface area (Å²) >= 11 is 11.4. The molecule has 0 radical (unpaired) electrons. The number of carboxylic acid groups (broad SMARTS) is 1. The van der Waals surface area contributed by atoms with Gasteiger partial charge in [0.05, 0.1) is 5.02 Å². The van der Waals surface area contributed by atoms with Crippen LogP contribution in [0.15, 0.2) is 6.07 Å². The Hall–Kier alpha value is -1.20. The van der Waals surface area contributed by atoms with Crippen molar-refractivity contribution in [2.45, 2.75) is 32.2 Å². The highest BCUT2D eigenvalue weighted by molar-refractivity contribution is 6.41. The molecular formula is C11H14Cl2N2O3. The first-order valence-corrected chi connectivity index (χ1v) is 6.29. The van der Waals surface area contributed by atoms with Crippen LogP contribution in [0.2, 0.25) is 10.2 Å². The van der Waals surface area contributed by atoms with Crippen molar-refractivity contribution in [2.75, 3.05) is 0 Å². The molecule has 0 aliphatic rings. The number of aliphatic carboxylic acids is 1. The van der Waals surface area contributed by atoms with Gasteiger partial charge in [-0.2, -0.15) is 0 Å². The molecule has 1 amide bonds. The number of carbonyl (C=O) groups is 2. The maximum atomic E-state index is 11.8. The number of aromatic nitrogens is 1. The molecule has 1 heterocycles. The van der Waals surface area contributed by atoms with Crippen LogP contribution >= 0.6 is 23.2 Å². The molecule has 1 atom stereocenters. The Morgan fingerprint density at radius 1 is 1.50 bits per heavy atom. The minimum Gasteiger partial charge on any atom is -0.480 e. The zero-order valence-electron chi connectivity index (χ0n) is 9.80. The molecule has 100 valence electrons. The number of hydrogen-bond donors (Lipinski definition) is 3. The van der Waals surface area contributed by atoms with Gasteiger partial charge in [0.1, 0.15) is 16.9 Å². The Morgan fingerprint density at radius 2 is 2.17 bits per heavy atom. The van der Waals surface area contributed by atoms with Crippen molar-refractivity contribution in [3.63, 3.8) is 0 Å². The molecule has 0 aliphatic carbocycles. The number of carbonyl (C=O) groups excluding carboxylic acids is 1. The second-order valence-electron chi connectivity index (χ2n) is 3.85. The van der Waals surface area contributed by atoms with Crippen LogP contribution in [0.25, 0.3) is 0 Å². The van der Waals surface area contributed by atoms with Crippen molar-refractivity contribution in [3.05, 3.63) is 21.9 Å². The van der Waals surface area contributed by atoms with Gasteiger partial charge in [-0.3, -0.25) is 4.79 Å². The van der Waals surface area contributed by atoms with Gasteiger partial charge in [0, 0.05) is 0 Å². The van der Waals surface area contributed by atoms with Crippen LogP contribution in [-0.4, -0.2) is 28.0 Å². The van der Waals surface area contributed by atoms with Gasteiger partial charge in [-0.1, -0.05) is 43.0 Å². The average Bonchev–Trinajstić information content (AvgIpc) is 2.64. The van der Waals surface area contributed by atoms with Crippen LogP contribution in [0.3, 0.4) is 0 Å². The van der Waals surface area contributed by atoms with Crippen molar-refractivity contribution < 1.29 is 14.7 Å². The van der Waals surface area contributed by atoms with Crippen LogP contribution in [0, 0.1) is 0 Å². The molecule has 0 spiro atoms. The molecular weight excluding hydrogens is 279 g/mol. The van der Waals surface area contributed by atoms with Gasteiger partial charge in [-0.15, -0.1) is 0 Å². The van der Waals surface area contributed by atoms with Crippen molar-refractivity contribution in [1.82, 2.24) is 10.3 Å². The van der Waals surface area contributed by atoms with Gasteiger partial charge in [0.15, 0.2) is 0 Å². The highest BCUT2D eigenvalue weighted by Crippen LogP contribution is 2.21. The Balaban J connectivity index is 2.69. The third-order valence-electron chi connectivity index (χ3n) is 2.42. The first-order valence-electron chi connectivity index (χ1n) is 5.53. The number of halogens is 2. The molecule has 0 saturated carbocycles. The molecule has 7 heteroatoms. The van der Waals surface area contributed by atoms with E-state index < -0.39 is 17.9 Å². The Bertz CT molecular complexity index is 426. The Morgan fingerprint density at radius 3 is 2.61 bits per heavy atom. The monoisotopic (exact) mass is 292 g/mol. The van der Waals surface area contributed by atoms with Crippen LogP contribution in [-0.2, 0) is 4.79 Å². The number of nitrogens with one attached hydrogen (secondary N) is 2. The van der Waals surface area contributed by atoms with E-state index in [0.29, 0.717) is 6.42 Å². The molecule has 0 aromatic carbocycles. The van der Waals surface area contributed by atoms with Crippen molar-refractivity contribution in [1.29, 1.82) is 0 Å². The van der Waals surface area contributed by atoms with E-state index in [-0.39, 0.29) is 15.9 Å². The third-order valence-corrected chi connectivity index (χ3v) is 3.11. The van der Waals surface area contributed by atoms with E-state index in [0.717, 1.165) is 12.8 Å². The van der Waals surface area contributed by atoms with Crippen LogP contribution < -0.4 is 5.32 Å². The molecule has 5 nitrogen and oxygen atoms in total. The number of hydrogen-bond acceptors (Lipinski definition) is 2. The summed E-state index contributed by atoms with van der Waals surface area (Å²) in [7, 11) is 0. The fourth-order valence-electron chi connectivity index (χ4n) is 1.43. The van der Waals surface area contributed by atoms with E-state index in [1.807, 2.05) is 6.92 Å². The Kier molecular flexibility index (Phi) is 5.50. The summed E-state index contributed by atoms with van der Waals surface area (Å²) in [5.74, 6) is -1.59. The van der Waals surface area contributed by atoms with Gasteiger partial charge in [-0.05, 0) is 12.5 Å². The number of rotatable bonds is 6. The second kappa shape index (κ2) is 6.66. The van der Waals surface area contributed by atoms with Crippen molar-refractivity contribution in [3.8, 4) is 0 Å². The molecule has 0 fully saturated rings. The maximum absolute atomic E-state index is 11.8. The SMILES string of the molecule is CCCC[C@H](NC(=O)c1cc(Cl)c(Cl)[nH]1)C(=O)O. The van der Waals surface area contributed by atoms with Gasteiger partial charge in [0.25, 0.3) is 5.91 Å². The number of carboxylic acids is 1. The normalized spacial score (nSPS) is 12.2. The van der Waals surface area contributed by atoms with E-state index in [4.69, 9.17) is 28.3 Å². The number of amides is 1. The Labute approximate surface area is 114 Å². The fraction of sp³-hybridized carbons (Fsp3) is 0.455. The predicted octanol–water partition coefficient (Wildman–Crippen LogP) is 2.69. The quantitative estimate of drug-likeness (QED) is 0.754. The molecule has 0 saturated heterocycles. The third kappa shape index (κ3) is 3.92. The molecule has 0 aliphatic heterocycles. The fourth-order valence-corrected chi connectivity index (χ4v) is 1.74. The molecule has 0 bridgehead atoms. The minimum atomic E-state index is -1.06. The lowest BCUT2D eigenvalue weighted by Crippen LogP contribution is -2.40. The maximum Gasteiger partial charge on any atom is 0.326 e. The van der Waals surface area contributed by atoms with Gasteiger partial charge in [0.2, 0.25) is 0 Å². The summed E-state index contributed by atoms with van der Waals surface area (Å²) in [4.78, 5) is 25.3. The van der Waals surface area contributed by atoms with Crippen molar-refractivity contribution in [2.24, 2.45) is 0 Å². The summed E-state index contributed by atoms with van der Waals surface area (Å²) in [5, 5.41) is 11.8. The zero-order valence-corrected chi connectivity index (χ0v) is 11.3. The second-order valence-corrected chi connectivity index (χ2v) is 4.64. The van der Waals surface area contributed by atoms with Crippen LogP contribution in [0.5, 0.6) is 0 Å². The number of aromatic amines is 1.